The fraction of sp³-hybridized carbons (Fsp3) is 0.667. The van der Waals surface area contributed by atoms with Crippen molar-refractivity contribution in [3.63, 3.8) is 0 Å². The first-order valence-electron chi connectivity index (χ1n) is 6.33. The summed E-state index contributed by atoms with van der Waals surface area (Å²) in [5.74, 6) is -0.349. The monoisotopic (exact) mass is 363 g/mol. The number of carbonyl (C=O) groups excluding carboxylic acids is 2. The molecular weight excluding hydrogens is 345 g/mol. The molecule has 0 aromatic heterocycles. The van der Waals surface area contributed by atoms with E-state index >= 15 is 0 Å². The summed E-state index contributed by atoms with van der Waals surface area (Å²) < 4.78 is 0.787. The first kappa shape index (κ1) is 14.0. The zero-order valence-electron chi connectivity index (χ0n) is 10.3. The molecule has 2 aliphatic rings. The SMILES string of the molecule is O=C1C=CC(=O)N1CCCCCNN1CC(I)C1. The molecule has 2 heterocycles. The second-order valence-corrected chi connectivity index (χ2v) is 6.39. The average molecular weight is 363 g/mol. The van der Waals surface area contributed by atoms with Crippen LogP contribution in [-0.2, 0) is 9.59 Å². The fourth-order valence-corrected chi connectivity index (χ4v) is 2.97. The molecule has 0 radical (unpaired) electrons. The van der Waals surface area contributed by atoms with Crippen LogP contribution in [0.15, 0.2) is 12.2 Å². The molecule has 1 fully saturated rings. The molecular formula is C12H18IN3O2. The van der Waals surface area contributed by atoms with Gasteiger partial charge in [0.25, 0.3) is 11.8 Å². The Balaban J connectivity index is 1.46. The maximum absolute atomic E-state index is 11.3. The number of hydrogen-bond acceptors (Lipinski definition) is 4. The molecule has 0 atom stereocenters. The summed E-state index contributed by atoms with van der Waals surface area (Å²) in [5.41, 5.74) is 3.36. The number of carbonyl (C=O) groups is 2. The average Bonchev–Trinajstić information content (AvgIpc) is 2.61. The molecule has 100 valence electrons. The van der Waals surface area contributed by atoms with Crippen LogP contribution in [0.25, 0.3) is 0 Å². The van der Waals surface area contributed by atoms with Crippen molar-refractivity contribution in [1.29, 1.82) is 0 Å². The molecule has 2 rings (SSSR count). The van der Waals surface area contributed by atoms with Gasteiger partial charge in [0, 0.05) is 42.3 Å². The van der Waals surface area contributed by atoms with Gasteiger partial charge < -0.3 is 0 Å². The third-order valence-electron chi connectivity index (χ3n) is 3.13. The molecule has 1 saturated heterocycles. The van der Waals surface area contributed by atoms with Crippen molar-refractivity contribution in [3.8, 4) is 0 Å². The number of alkyl halides is 1. The van der Waals surface area contributed by atoms with Gasteiger partial charge in [0.15, 0.2) is 0 Å². The Morgan fingerprint density at radius 3 is 2.44 bits per heavy atom. The highest BCUT2D eigenvalue weighted by molar-refractivity contribution is 14.1. The van der Waals surface area contributed by atoms with Gasteiger partial charge in [-0.3, -0.25) is 19.9 Å². The molecule has 0 aliphatic carbocycles. The van der Waals surface area contributed by atoms with Crippen LogP contribution < -0.4 is 5.43 Å². The Labute approximate surface area is 121 Å². The van der Waals surface area contributed by atoms with E-state index in [4.69, 9.17) is 0 Å². The first-order chi connectivity index (χ1) is 8.66. The van der Waals surface area contributed by atoms with E-state index in [-0.39, 0.29) is 11.8 Å². The van der Waals surface area contributed by atoms with E-state index < -0.39 is 0 Å². The van der Waals surface area contributed by atoms with Crippen LogP contribution >= 0.6 is 22.6 Å². The zero-order valence-corrected chi connectivity index (χ0v) is 12.4. The number of hydrazine groups is 1. The van der Waals surface area contributed by atoms with Crippen LogP contribution in [0.1, 0.15) is 19.3 Å². The van der Waals surface area contributed by atoms with E-state index in [1.165, 1.54) is 17.1 Å². The van der Waals surface area contributed by atoms with Gasteiger partial charge in [0.1, 0.15) is 0 Å². The maximum atomic E-state index is 11.3. The van der Waals surface area contributed by atoms with Crippen LogP contribution in [0.4, 0.5) is 0 Å². The van der Waals surface area contributed by atoms with Gasteiger partial charge in [-0.15, -0.1) is 0 Å². The van der Waals surface area contributed by atoms with Crippen molar-refractivity contribution in [1.82, 2.24) is 15.3 Å². The number of hydrogen-bond donors (Lipinski definition) is 1. The standard InChI is InChI=1S/C12H18IN3O2/c13-10-8-15(9-10)14-6-2-1-3-7-16-11(17)4-5-12(16)18/h4-5,10,14H,1-3,6-9H2. The molecule has 0 bridgehead atoms. The molecule has 1 N–H and O–H groups in total. The molecule has 0 unspecified atom stereocenters. The van der Waals surface area contributed by atoms with Crippen molar-refractivity contribution in [2.75, 3.05) is 26.2 Å². The fourth-order valence-electron chi connectivity index (χ4n) is 2.01. The van der Waals surface area contributed by atoms with Crippen LogP contribution in [-0.4, -0.2) is 51.8 Å². The summed E-state index contributed by atoms with van der Waals surface area (Å²) in [5, 5.41) is 2.23. The van der Waals surface area contributed by atoms with Gasteiger partial charge >= 0.3 is 0 Å². The summed E-state index contributed by atoms with van der Waals surface area (Å²) in [7, 11) is 0. The Bertz CT molecular complexity index is 335. The summed E-state index contributed by atoms with van der Waals surface area (Å²) >= 11 is 2.45. The van der Waals surface area contributed by atoms with E-state index in [1.807, 2.05) is 0 Å². The Morgan fingerprint density at radius 1 is 1.17 bits per heavy atom. The van der Waals surface area contributed by atoms with Crippen LogP contribution in [0, 0.1) is 0 Å². The lowest BCUT2D eigenvalue weighted by Gasteiger charge is -2.36. The minimum absolute atomic E-state index is 0.174. The molecule has 5 nitrogen and oxygen atoms in total. The Kier molecular flexibility index (Phi) is 5.13. The lowest BCUT2D eigenvalue weighted by Crippen LogP contribution is -2.54. The summed E-state index contributed by atoms with van der Waals surface area (Å²) in [6.45, 7) is 3.78. The van der Waals surface area contributed by atoms with Crippen molar-refractivity contribution in [3.05, 3.63) is 12.2 Å². The first-order valence-corrected chi connectivity index (χ1v) is 7.57. The largest absolute Gasteiger partial charge is 0.275 e. The lowest BCUT2D eigenvalue weighted by molar-refractivity contribution is -0.136. The van der Waals surface area contributed by atoms with Gasteiger partial charge in [-0.2, -0.15) is 0 Å². The predicted molar refractivity (Wildman–Crippen MR) is 77.1 cm³/mol. The van der Waals surface area contributed by atoms with Crippen molar-refractivity contribution in [2.24, 2.45) is 0 Å². The number of rotatable bonds is 7. The van der Waals surface area contributed by atoms with Crippen molar-refractivity contribution in [2.45, 2.75) is 23.2 Å². The Hall–Kier alpha value is -0.470. The molecule has 2 amide bonds. The highest BCUT2D eigenvalue weighted by Gasteiger charge is 2.23. The van der Waals surface area contributed by atoms with E-state index in [0.29, 0.717) is 6.54 Å². The summed E-state index contributed by atoms with van der Waals surface area (Å²) in [4.78, 5) is 23.8. The van der Waals surface area contributed by atoms with Crippen molar-refractivity contribution < 1.29 is 9.59 Å². The normalized spacial score (nSPS) is 20.8. The number of halogens is 1. The topological polar surface area (TPSA) is 52.7 Å². The predicted octanol–water partition coefficient (Wildman–Crippen LogP) is 0.706. The number of nitrogens with zero attached hydrogens (tertiary/aromatic N) is 2. The highest BCUT2D eigenvalue weighted by Crippen LogP contribution is 2.13. The number of imide groups is 1. The van der Waals surface area contributed by atoms with Crippen LogP contribution in [0.3, 0.4) is 0 Å². The third-order valence-corrected chi connectivity index (χ3v) is 3.92. The van der Waals surface area contributed by atoms with Crippen LogP contribution in [0.5, 0.6) is 0 Å². The summed E-state index contributed by atoms with van der Waals surface area (Å²) in [6, 6.07) is 0. The van der Waals surface area contributed by atoms with Crippen molar-refractivity contribution >= 4 is 34.4 Å². The number of nitrogens with one attached hydrogen (secondary N) is 1. The molecule has 2 aliphatic heterocycles. The van der Waals surface area contributed by atoms with Gasteiger partial charge in [-0.1, -0.05) is 29.0 Å². The van der Waals surface area contributed by atoms with Gasteiger partial charge in [0.05, 0.1) is 0 Å². The maximum Gasteiger partial charge on any atom is 0.253 e. The van der Waals surface area contributed by atoms with E-state index in [1.54, 1.807) is 0 Å². The second kappa shape index (κ2) is 6.63. The molecule has 0 aromatic carbocycles. The minimum atomic E-state index is -0.174. The molecule has 0 saturated carbocycles. The van der Waals surface area contributed by atoms with E-state index in [0.717, 1.165) is 42.8 Å². The summed E-state index contributed by atoms with van der Waals surface area (Å²) in [6.07, 6.45) is 5.68. The third kappa shape index (κ3) is 3.76. The van der Waals surface area contributed by atoms with Crippen LogP contribution in [0.2, 0.25) is 0 Å². The zero-order chi connectivity index (χ0) is 13.0. The minimum Gasteiger partial charge on any atom is -0.275 e. The van der Waals surface area contributed by atoms with E-state index in [2.05, 4.69) is 33.0 Å². The smallest absolute Gasteiger partial charge is 0.253 e. The van der Waals surface area contributed by atoms with Gasteiger partial charge in [0.2, 0.25) is 0 Å². The Morgan fingerprint density at radius 2 is 1.83 bits per heavy atom. The van der Waals surface area contributed by atoms with E-state index in [9.17, 15) is 9.59 Å². The number of unbranched alkanes of at least 4 members (excludes halogenated alkanes) is 2. The quantitative estimate of drug-likeness (QED) is 0.313. The molecule has 0 aromatic rings. The molecule has 6 heteroatoms. The highest BCUT2D eigenvalue weighted by atomic mass is 127. The second-order valence-electron chi connectivity index (χ2n) is 4.63. The number of amides is 2. The van der Waals surface area contributed by atoms with Gasteiger partial charge in [-0.25, -0.2) is 5.01 Å². The molecule has 0 spiro atoms. The molecule has 18 heavy (non-hydrogen) atoms. The van der Waals surface area contributed by atoms with Gasteiger partial charge in [-0.05, 0) is 12.8 Å². The lowest BCUT2D eigenvalue weighted by atomic mass is 10.2.